The summed E-state index contributed by atoms with van der Waals surface area (Å²) < 4.78 is 5.02. The lowest BCUT2D eigenvalue weighted by atomic mass is 10.6. The second-order valence-electron chi connectivity index (χ2n) is 1.43. The summed E-state index contributed by atoms with van der Waals surface area (Å²) in [4.78, 5) is 7.32. The third kappa shape index (κ3) is 1.68. The maximum Gasteiger partial charge on any atom is 0.216 e. The summed E-state index contributed by atoms with van der Waals surface area (Å²) in [5.74, 6) is 0.576. The lowest BCUT2D eigenvalue weighted by Crippen LogP contribution is -1.93. The summed E-state index contributed by atoms with van der Waals surface area (Å²) in [6.07, 6.45) is 4.02. The molecular formula is C6H7N2O. The molecule has 0 aliphatic heterocycles. The van der Waals surface area contributed by atoms with Crippen LogP contribution in [0.4, 0.5) is 0 Å². The van der Waals surface area contributed by atoms with Gasteiger partial charge in [-0.05, 0) is 6.92 Å². The van der Waals surface area contributed by atoms with Crippen LogP contribution in [0.1, 0.15) is 6.92 Å². The van der Waals surface area contributed by atoms with Gasteiger partial charge >= 0.3 is 0 Å². The topological polar surface area (TPSA) is 35.0 Å². The van der Waals surface area contributed by atoms with Gasteiger partial charge in [-0.15, -0.1) is 0 Å². The van der Waals surface area contributed by atoms with E-state index in [0.29, 0.717) is 12.5 Å². The van der Waals surface area contributed by atoms with Crippen molar-refractivity contribution in [1.29, 1.82) is 0 Å². The molecule has 3 heteroatoms. The number of ether oxygens (including phenoxy) is 1. The molecule has 0 saturated heterocycles. The highest BCUT2D eigenvalue weighted by atomic mass is 16.5. The maximum absolute atomic E-state index is 5.02. The van der Waals surface area contributed by atoms with Gasteiger partial charge in [-0.25, -0.2) is 4.98 Å². The first-order valence-corrected chi connectivity index (χ1v) is 2.75. The Labute approximate surface area is 53.7 Å². The van der Waals surface area contributed by atoms with E-state index in [0.717, 1.165) is 0 Å². The first-order chi connectivity index (χ1) is 4.43. The molecule has 0 unspecified atom stereocenters. The third-order valence-electron chi connectivity index (χ3n) is 0.802. The molecule has 0 amide bonds. The van der Waals surface area contributed by atoms with Crippen LogP contribution < -0.4 is 4.74 Å². The van der Waals surface area contributed by atoms with Crippen molar-refractivity contribution in [2.24, 2.45) is 0 Å². The minimum Gasteiger partial charge on any atom is -0.478 e. The summed E-state index contributed by atoms with van der Waals surface area (Å²) in [5.41, 5.74) is 0. The van der Waals surface area contributed by atoms with E-state index < -0.39 is 0 Å². The van der Waals surface area contributed by atoms with Crippen LogP contribution in [-0.4, -0.2) is 16.6 Å². The molecule has 0 saturated carbocycles. The van der Waals surface area contributed by atoms with Crippen molar-refractivity contribution in [3.05, 3.63) is 18.6 Å². The Balaban J connectivity index is 2.61. The lowest BCUT2D eigenvalue weighted by molar-refractivity contribution is 0.326. The van der Waals surface area contributed by atoms with Crippen LogP contribution in [0.2, 0.25) is 0 Å². The number of hydrogen-bond donors (Lipinski definition) is 0. The average molecular weight is 123 g/mol. The standard InChI is InChI=1S/C6H7N2O/c1-2-9-6-3-4-7-5-8-6/h3-4H,2H2,1H3. The monoisotopic (exact) mass is 123 g/mol. The molecule has 1 rings (SSSR count). The first-order valence-electron chi connectivity index (χ1n) is 2.75. The molecule has 47 valence electrons. The zero-order valence-corrected chi connectivity index (χ0v) is 5.16. The second kappa shape index (κ2) is 3.02. The van der Waals surface area contributed by atoms with Crippen molar-refractivity contribution in [3.8, 4) is 5.88 Å². The van der Waals surface area contributed by atoms with E-state index in [4.69, 9.17) is 4.74 Å². The van der Waals surface area contributed by atoms with Crippen LogP contribution >= 0.6 is 0 Å². The van der Waals surface area contributed by atoms with Crippen molar-refractivity contribution in [3.63, 3.8) is 0 Å². The van der Waals surface area contributed by atoms with E-state index in [-0.39, 0.29) is 0 Å². The van der Waals surface area contributed by atoms with Gasteiger partial charge in [0.15, 0.2) is 0 Å². The van der Waals surface area contributed by atoms with Gasteiger partial charge in [0.05, 0.1) is 6.61 Å². The Morgan fingerprint density at radius 3 is 3.22 bits per heavy atom. The summed E-state index contributed by atoms with van der Waals surface area (Å²) in [5, 5.41) is 0. The van der Waals surface area contributed by atoms with Gasteiger partial charge in [0.2, 0.25) is 12.2 Å². The molecule has 0 aromatic carbocycles. The van der Waals surface area contributed by atoms with Gasteiger partial charge < -0.3 is 4.74 Å². The van der Waals surface area contributed by atoms with Crippen molar-refractivity contribution in [1.82, 2.24) is 9.97 Å². The fourth-order valence-corrected chi connectivity index (χ4v) is 0.478. The van der Waals surface area contributed by atoms with Crippen LogP contribution in [-0.2, 0) is 0 Å². The predicted molar refractivity (Wildman–Crippen MR) is 32.0 cm³/mol. The fourth-order valence-electron chi connectivity index (χ4n) is 0.478. The Morgan fingerprint density at radius 1 is 1.78 bits per heavy atom. The molecule has 0 aliphatic rings. The average Bonchev–Trinajstić information content (AvgIpc) is 1.91. The molecule has 1 heterocycles. The molecule has 0 fully saturated rings. The smallest absolute Gasteiger partial charge is 0.216 e. The van der Waals surface area contributed by atoms with Gasteiger partial charge in [-0.3, -0.25) is 0 Å². The lowest BCUT2D eigenvalue weighted by Gasteiger charge is -1.96. The first kappa shape index (κ1) is 6.01. The van der Waals surface area contributed by atoms with Gasteiger partial charge in [-0.2, -0.15) is 4.98 Å². The van der Waals surface area contributed by atoms with E-state index >= 15 is 0 Å². The Hall–Kier alpha value is -1.12. The van der Waals surface area contributed by atoms with E-state index in [1.54, 1.807) is 12.3 Å². The molecule has 1 aromatic rings. The van der Waals surface area contributed by atoms with Crippen molar-refractivity contribution >= 4 is 0 Å². The number of hydrogen-bond acceptors (Lipinski definition) is 3. The highest BCUT2D eigenvalue weighted by Crippen LogP contribution is 1.99. The molecule has 0 spiro atoms. The largest absolute Gasteiger partial charge is 0.478 e. The molecule has 3 nitrogen and oxygen atoms in total. The molecule has 0 N–H and O–H groups in total. The van der Waals surface area contributed by atoms with Gasteiger partial charge in [0, 0.05) is 12.3 Å². The van der Waals surface area contributed by atoms with Crippen molar-refractivity contribution in [2.45, 2.75) is 6.92 Å². The third-order valence-corrected chi connectivity index (χ3v) is 0.802. The van der Waals surface area contributed by atoms with E-state index in [1.807, 2.05) is 6.92 Å². The highest BCUT2D eigenvalue weighted by Gasteiger charge is 1.87. The van der Waals surface area contributed by atoms with Crippen LogP contribution in [0.25, 0.3) is 0 Å². The maximum atomic E-state index is 5.02. The van der Waals surface area contributed by atoms with Gasteiger partial charge in [-0.1, -0.05) is 0 Å². The fraction of sp³-hybridized carbons (Fsp3) is 0.333. The Bertz CT molecular complexity index is 164. The molecule has 0 atom stereocenters. The van der Waals surface area contributed by atoms with Crippen molar-refractivity contribution < 1.29 is 4.74 Å². The zero-order chi connectivity index (χ0) is 6.53. The molecule has 0 bridgehead atoms. The summed E-state index contributed by atoms with van der Waals surface area (Å²) >= 11 is 0. The number of aromatic nitrogens is 2. The van der Waals surface area contributed by atoms with Crippen LogP contribution in [0.15, 0.2) is 12.3 Å². The van der Waals surface area contributed by atoms with Gasteiger partial charge in [0.25, 0.3) is 0 Å². The summed E-state index contributed by atoms with van der Waals surface area (Å²) in [7, 11) is 0. The second-order valence-corrected chi connectivity index (χ2v) is 1.43. The number of nitrogens with zero attached hydrogens (tertiary/aromatic N) is 2. The molecule has 1 aromatic heterocycles. The van der Waals surface area contributed by atoms with Gasteiger partial charge in [0.1, 0.15) is 0 Å². The normalized spacial score (nSPS) is 9.00. The molecule has 9 heavy (non-hydrogen) atoms. The molecular weight excluding hydrogens is 116 g/mol. The van der Waals surface area contributed by atoms with Crippen LogP contribution in [0.5, 0.6) is 5.88 Å². The van der Waals surface area contributed by atoms with E-state index in [2.05, 4.69) is 16.3 Å². The molecule has 1 radical (unpaired) electrons. The number of rotatable bonds is 2. The Kier molecular flexibility index (Phi) is 2.01. The predicted octanol–water partition coefficient (Wildman–Crippen LogP) is 0.675. The SMILES string of the molecule is CCOc1ccn[c]n1. The highest BCUT2D eigenvalue weighted by molar-refractivity contribution is 5.03. The van der Waals surface area contributed by atoms with E-state index in [9.17, 15) is 0 Å². The van der Waals surface area contributed by atoms with Crippen LogP contribution in [0, 0.1) is 6.33 Å². The zero-order valence-electron chi connectivity index (χ0n) is 5.16. The quantitative estimate of drug-likeness (QED) is 0.580. The molecule has 0 aliphatic carbocycles. The van der Waals surface area contributed by atoms with Crippen LogP contribution in [0.3, 0.4) is 0 Å². The minimum absolute atomic E-state index is 0.576. The summed E-state index contributed by atoms with van der Waals surface area (Å²) in [6.45, 7) is 2.53. The summed E-state index contributed by atoms with van der Waals surface area (Å²) in [6, 6.07) is 1.69. The minimum atomic E-state index is 0.576. The Morgan fingerprint density at radius 2 is 2.67 bits per heavy atom. The van der Waals surface area contributed by atoms with E-state index in [1.165, 1.54) is 0 Å². The van der Waals surface area contributed by atoms with Crippen molar-refractivity contribution in [2.75, 3.05) is 6.61 Å².